The number of nitrogens with one attached hydrogen (secondary N) is 1. The fraction of sp³-hybridized carbons (Fsp3) is 0.583. The summed E-state index contributed by atoms with van der Waals surface area (Å²) in [6.07, 6.45) is 6.88. The molecule has 3 rings (SSSR count). The second-order valence-corrected chi connectivity index (χ2v) is 9.16. The third-order valence-corrected chi connectivity index (χ3v) is 7.52. The SMILES string of the molecule is C=C[C@@H](CCCC(=O)O[C@@H]1C[C@@H]2CC[C@@]1(C)C2(C)C)NC(=O)c1ccccc1. The topological polar surface area (TPSA) is 55.4 Å². The third-order valence-electron chi connectivity index (χ3n) is 7.52. The number of amides is 1. The van der Waals surface area contributed by atoms with Crippen molar-refractivity contribution in [3.63, 3.8) is 0 Å². The number of hydrogen-bond donors (Lipinski definition) is 1. The van der Waals surface area contributed by atoms with E-state index in [9.17, 15) is 9.59 Å². The van der Waals surface area contributed by atoms with E-state index in [0.29, 0.717) is 30.7 Å². The van der Waals surface area contributed by atoms with Crippen LogP contribution in [0.5, 0.6) is 0 Å². The highest BCUT2D eigenvalue weighted by Crippen LogP contribution is 2.66. The van der Waals surface area contributed by atoms with E-state index in [1.807, 2.05) is 18.2 Å². The Bertz CT molecular complexity index is 727. The van der Waals surface area contributed by atoms with Crippen LogP contribution in [-0.2, 0) is 9.53 Å². The fourth-order valence-electron chi connectivity index (χ4n) is 5.08. The van der Waals surface area contributed by atoms with Crippen molar-refractivity contribution < 1.29 is 14.3 Å². The van der Waals surface area contributed by atoms with Gasteiger partial charge in [0.2, 0.25) is 0 Å². The van der Waals surface area contributed by atoms with E-state index in [1.54, 1.807) is 18.2 Å². The van der Waals surface area contributed by atoms with Gasteiger partial charge < -0.3 is 10.1 Å². The molecule has 2 aliphatic carbocycles. The molecular weight excluding hydrogens is 350 g/mol. The van der Waals surface area contributed by atoms with Crippen molar-refractivity contribution in [1.82, 2.24) is 5.32 Å². The van der Waals surface area contributed by atoms with Gasteiger partial charge in [-0.05, 0) is 55.6 Å². The van der Waals surface area contributed by atoms with Crippen molar-refractivity contribution in [2.75, 3.05) is 0 Å². The predicted octanol–water partition coefficient (Wildman–Crippen LogP) is 4.90. The molecule has 0 heterocycles. The molecule has 1 N–H and O–H groups in total. The van der Waals surface area contributed by atoms with Crippen LogP contribution in [0.2, 0.25) is 0 Å². The lowest BCUT2D eigenvalue weighted by Gasteiger charge is -2.38. The first-order valence-electron chi connectivity index (χ1n) is 10.5. The Morgan fingerprint density at radius 2 is 2.00 bits per heavy atom. The van der Waals surface area contributed by atoms with Crippen LogP contribution in [0.3, 0.4) is 0 Å². The van der Waals surface area contributed by atoms with Crippen LogP contribution in [-0.4, -0.2) is 24.0 Å². The standard InChI is InChI=1S/C24H33NO3/c1-5-19(25-22(27)17-10-7-6-8-11-17)12-9-13-21(26)28-20-16-18-14-15-24(20,4)23(18,2)3/h5-8,10-11,18-20H,1,9,12-16H2,2-4H3,(H,25,27)/t18-,19-,20+,24+/m0/s1. The van der Waals surface area contributed by atoms with Crippen LogP contribution in [0.25, 0.3) is 0 Å². The highest BCUT2D eigenvalue weighted by Gasteiger charge is 2.62. The second kappa shape index (κ2) is 8.10. The molecular formula is C24H33NO3. The smallest absolute Gasteiger partial charge is 0.306 e. The zero-order valence-electron chi connectivity index (χ0n) is 17.4. The molecule has 0 aromatic heterocycles. The fourth-order valence-corrected chi connectivity index (χ4v) is 5.08. The van der Waals surface area contributed by atoms with E-state index in [4.69, 9.17) is 4.74 Å². The quantitative estimate of drug-likeness (QED) is 0.513. The molecule has 152 valence electrons. The van der Waals surface area contributed by atoms with Crippen molar-refractivity contribution >= 4 is 11.9 Å². The average Bonchev–Trinajstić information content (AvgIpc) is 3.01. The average molecular weight is 384 g/mol. The van der Waals surface area contributed by atoms with E-state index < -0.39 is 0 Å². The van der Waals surface area contributed by atoms with Crippen LogP contribution in [0.1, 0.15) is 69.7 Å². The predicted molar refractivity (Wildman–Crippen MR) is 111 cm³/mol. The summed E-state index contributed by atoms with van der Waals surface area (Å²) >= 11 is 0. The maximum absolute atomic E-state index is 12.4. The van der Waals surface area contributed by atoms with Gasteiger partial charge in [-0.2, -0.15) is 0 Å². The molecule has 2 bridgehead atoms. The van der Waals surface area contributed by atoms with Crippen molar-refractivity contribution in [2.24, 2.45) is 16.7 Å². The number of ether oxygens (including phenoxy) is 1. The maximum atomic E-state index is 12.4. The summed E-state index contributed by atoms with van der Waals surface area (Å²) in [7, 11) is 0. The monoisotopic (exact) mass is 383 g/mol. The normalized spacial score (nSPS) is 28.5. The van der Waals surface area contributed by atoms with Gasteiger partial charge in [0.15, 0.2) is 0 Å². The van der Waals surface area contributed by atoms with E-state index in [0.717, 1.165) is 12.8 Å². The third kappa shape index (κ3) is 3.87. The van der Waals surface area contributed by atoms with Crippen molar-refractivity contribution in [3.8, 4) is 0 Å². The first-order valence-corrected chi connectivity index (χ1v) is 10.5. The number of benzene rings is 1. The van der Waals surface area contributed by atoms with Gasteiger partial charge in [-0.15, -0.1) is 6.58 Å². The zero-order chi connectivity index (χ0) is 20.4. The molecule has 4 nitrogen and oxygen atoms in total. The van der Waals surface area contributed by atoms with Gasteiger partial charge >= 0.3 is 5.97 Å². The molecule has 0 unspecified atom stereocenters. The highest BCUT2D eigenvalue weighted by molar-refractivity contribution is 5.94. The Morgan fingerprint density at radius 3 is 2.57 bits per heavy atom. The van der Waals surface area contributed by atoms with E-state index in [2.05, 4.69) is 32.7 Å². The minimum absolute atomic E-state index is 0.0433. The van der Waals surface area contributed by atoms with Gasteiger partial charge in [0.05, 0.1) is 0 Å². The Labute approximate surface area is 168 Å². The first-order chi connectivity index (χ1) is 13.3. The Kier molecular flexibility index (Phi) is 5.97. The summed E-state index contributed by atoms with van der Waals surface area (Å²) in [5, 5.41) is 2.96. The second-order valence-electron chi connectivity index (χ2n) is 9.16. The number of hydrogen-bond acceptors (Lipinski definition) is 3. The minimum atomic E-state index is -0.153. The minimum Gasteiger partial charge on any atom is -0.462 e. The summed E-state index contributed by atoms with van der Waals surface area (Å²) in [5.74, 6) is 0.422. The van der Waals surface area contributed by atoms with Gasteiger partial charge in [-0.25, -0.2) is 0 Å². The number of carbonyl (C=O) groups is 2. The molecule has 0 radical (unpaired) electrons. The van der Waals surface area contributed by atoms with Crippen molar-refractivity contribution in [2.45, 2.75) is 71.4 Å². The number of rotatable bonds is 8. The van der Waals surface area contributed by atoms with Gasteiger partial charge in [0.25, 0.3) is 5.91 Å². The van der Waals surface area contributed by atoms with Crippen LogP contribution in [0, 0.1) is 16.7 Å². The molecule has 1 aromatic rings. The molecule has 0 spiro atoms. The zero-order valence-corrected chi connectivity index (χ0v) is 17.4. The summed E-state index contributed by atoms with van der Waals surface area (Å²) in [6, 6.07) is 8.97. The Balaban J connectivity index is 1.43. The highest BCUT2D eigenvalue weighted by atomic mass is 16.5. The van der Waals surface area contributed by atoms with Gasteiger partial charge in [-0.3, -0.25) is 9.59 Å². The number of fused-ring (bicyclic) bond motifs is 2. The number of esters is 1. The molecule has 2 aliphatic rings. The van der Waals surface area contributed by atoms with Gasteiger partial charge in [0.1, 0.15) is 6.10 Å². The molecule has 2 fully saturated rings. The molecule has 0 saturated heterocycles. The van der Waals surface area contributed by atoms with Crippen molar-refractivity contribution in [3.05, 3.63) is 48.6 Å². The molecule has 1 amide bonds. The lowest BCUT2D eigenvalue weighted by atomic mass is 9.70. The lowest BCUT2D eigenvalue weighted by molar-refractivity contribution is -0.157. The summed E-state index contributed by atoms with van der Waals surface area (Å²) < 4.78 is 5.90. The van der Waals surface area contributed by atoms with Gasteiger partial charge in [0, 0.05) is 23.4 Å². The Morgan fingerprint density at radius 1 is 1.29 bits per heavy atom. The van der Waals surface area contributed by atoms with E-state index >= 15 is 0 Å². The molecule has 2 saturated carbocycles. The lowest BCUT2D eigenvalue weighted by Crippen LogP contribution is -2.38. The summed E-state index contributed by atoms with van der Waals surface area (Å²) in [6.45, 7) is 10.7. The first kappa shape index (κ1) is 20.6. The van der Waals surface area contributed by atoms with Gasteiger partial charge in [-0.1, -0.05) is 45.0 Å². The molecule has 4 atom stereocenters. The number of carbonyl (C=O) groups excluding carboxylic acids is 2. The van der Waals surface area contributed by atoms with E-state index in [1.165, 1.54) is 6.42 Å². The Hall–Kier alpha value is -2.10. The van der Waals surface area contributed by atoms with Crippen LogP contribution in [0.15, 0.2) is 43.0 Å². The van der Waals surface area contributed by atoms with Crippen LogP contribution >= 0.6 is 0 Å². The molecule has 28 heavy (non-hydrogen) atoms. The molecule has 4 heteroatoms. The molecule has 1 aromatic carbocycles. The summed E-state index contributed by atoms with van der Waals surface area (Å²) in [4.78, 5) is 24.7. The van der Waals surface area contributed by atoms with E-state index in [-0.39, 0.29) is 34.9 Å². The largest absolute Gasteiger partial charge is 0.462 e. The molecule has 0 aliphatic heterocycles. The maximum Gasteiger partial charge on any atom is 0.306 e. The van der Waals surface area contributed by atoms with Crippen LogP contribution in [0.4, 0.5) is 0 Å². The van der Waals surface area contributed by atoms with Crippen molar-refractivity contribution in [1.29, 1.82) is 0 Å². The summed E-state index contributed by atoms with van der Waals surface area (Å²) in [5.41, 5.74) is 0.967. The van der Waals surface area contributed by atoms with Crippen LogP contribution < -0.4 is 5.32 Å².